The molecule has 0 saturated heterocycles. The Kier molecular flexibility index (Phi) is 5.15. The molecule has 26 heavy (non-hydrogen) atoms. The van der Waals surface area contributed by atoms with Crippen molar-refractivity contribution in [2.45, 2.75) is 30.4 Å². The van der Waals surface area contributed by atoms with E-state index in [2.05, 4.69) is 10.00 Å². The standard InChI is InChI=1S/C18H24N4O3S/c1-20(2)18(23)10-16-13-21(12-15-8-9-19-22(15)16)11-14-4-6-17(7-5-14)26(3,24)25/h4-9,16H,10-13H2,1-3H3. The molecule has 2 heterocycles. The molecular weight excluding hydrogens is 352 g/mol. The minimum atomic E-state index is -3.18. The maximum atomic E-state index is 12.1. The molecule has 8 heteroatoms. The van der Waals surface area contributed by atoms with Crippen LogP contribution in [0.25, 0.3) is 0 Å². The van der Waals surface area contributed by atoms with Crippen molar-refractivity contribution in [2.24, 2.45) is 0 Å². The van der Waals surface area contributed by atoms with Gasteiger partial charge >= 0.3 is 0 Å². The second-order valence-corrected chi connectivity index (χ2v) is 9.01. The highest BCUT2D eigenvalue weighted by Crippen LogP contribution is 2.25. The molecule has 140 valence electrons. The molecule has 0 spiro atoms. The van der Waals surface area contributed by atoms with E-state index in [1.165, 1.54) is 6.26 Å². The monoisotopic (exact) mass is 376 g/mol. The van der Waals surface area contributed by atoms with Gasteiger partial charge in [-0.3, -0.25) is 14.4 Å². The third kappa shape index (κ3) is 4.13. The van der Waals surface area contributed by atoms with Crippen LogP contribution in [0.2, 0.25) is 0 Å². The summed E-state index contributed by atoms with van der Waals surface area (Å²) in [4.78, 5) is 16.3. The van der Waals surface area contributed by atoms with Gasteiger partial charge in [0.15, 0.2) is 9.84 Å². The van der Waals surface area contributed by atoms with Crippen LogP contribution in [0.4, 0.5) is 0 Å². The predicted molar refractivity (Wildman–Crippen MR) is 98.2 cm³/mol. The van der Waals surface area contributed by atoms with Gasteiger partial charge < -0.3 is 4.90 Å². The summed E-state index contributed by atoms with van der Waals surface area (Å²) in [6.45, 7) is 2.17. The van der Waals surface area contributed by atoms with E-state index in [4.69, 9.17) is 0 Å². The van der Waals surface area contributed by atoms with Gasteiger partial charge in [0.1, 0.15) is 0 Å². The maximum absolute atomic E-state index is 12.1. The molecule has 1 amide bonds. The van der Waals surface area contributed by atoms with Crippen molar-refractivity contribution in [1.29, 1.82) is 0 Å². The van der Waals surface area contributed by atoms with E-state index in [-0.39, 0.29) is 11.9 Å². The van der Waals surface area contributed by atoms with Crippen LogP contribution >= 0.6 is 0 Å². The summed E-state index contributed by atoms with van der Waals surface area (Å²) in [5.74, 6) is 0.0794. The van der Waals surface area contributed by atoms with E-state index >= 15 is 0 Å². The topological polar surface area (TPSA) is 75.5 Å². The zero-order valence-electron chi connectivity index (χ0n) is 15.3. The molecule has 0 aliphatic carbocycles. The number of fused-ring (bicyclic) bond motifs is 1. The van der Waals surface area contributed by atoms with Gasteiger partial charge in [-0.2, -0.15) is 5.10 Å². The molecule has 1 atom stereocenters. The number of benzene rings is 1. The van der Waals surface area contributed by atoms with E-state index in [9.17, 15) is 13.2 Å². The number of amides is 1. The van der Waals surface area contributed by atoms with Crippen molar-refractivity contribution in [3.05, 3.63) is 47.8 Å². The van der Waals surface area contributed by atoms with E-state index in [1.54, 1.807) is 37.3 Å². The first-order valence-electron chi connectivity index (χ1n) is 8.48. The van der Waals surface area contributed by atoms with Crippen molar-refractivity contribution in [3.63, 3.8) is 0 Å². The van der Waals surface area contributed by atoms with Crippen molar-refractivity contribution in [1.82, 2.24) is 19.6 Å². The van der Waals surface area contributed by atoms with Crippen LogP contribution in [0.5, 0.6) is 0 Å². The lowest BCUT2D eigenvalue weighted by Crippen LogP contribution is -2.39. The zero-order valence-corrected chi connectivity index (χ0v) is 16.1. The molecule has 0 radical (unpaired) electrons. The maximum Gasteiger partial charge on any atom is 0.224 e. The fourth-order valence-electron chi connectivity index (χ4n) is 3.22. The van der Waals surface area contributed by atoms with Crippen LogP contribution < -0.4 is 0 Å². The molecule has 0 fully saturated rings. The average Bonchev–Trinajstić information content (AvgIpc) is 3.03. The fraction of sp³-hybridized carbons (Fsp3) is 0.444. The van der Waals surface area contributed by atoms with Crippen LogP contribution in [0.15, 0.2) is 41.4 Å². The summed E-state index contributed by atoms with van der Waals surface area (Å²) >= 11 is 0. The molecule has 7 nitrogen and oxygen atoms in total. The van der Waals surface area contributed by atoms with E-state index in [1.807, 2.05) is 22.9 Å². The molecule has 1 unspecified atom stereocenters. The Hall–Kier alpha value is -2.19. The van der Waals surface area contributed by atoms with Crippen molar-refractivity contribution < 1.29 is 13.2 Å². The summed E-state index contributed by atoms with van der Waals surface area (Å²) < 4.78 is 25.1. The van der Waals surface area contributed by atoms with Crippen LogP contribution in [0, 0.1) is 0 Å². The van der Waals surface area contributed by atoms with Crippen molar-refractivity contribution in [2.75, 3.05) is 26.9 Å². The average molecular weight is 376 g/mol. The first kappa shape index (κ1) is 18.6. The second kappa shape index (κ2) is 7.20. The second-order valence-electron chi connectivity index (χ2n) is 7.00. The summed E-state index contributed by atoms with van der Waals surface area (Å²) in [5.41, 5.74) is 2.13. The molecule has 1 aromatic carbocycles. The number of sulfone groups is 1. The van der Waals surface area contributed by atoms with Crippen LogP contribution in [0.1, 0.15) is 23.7 Å². The van der Waals surface area contributed by atoms with Gasteiger partial charge in [-0.15, -0.1) is 0 Å². The fourth-order valence-corrected chi connectivity index (χ4v) is 3.85. The summed E-state index contributed by atoms with van der Waals surface area (Å²) in [5, 5.41) is 4.38. The lowest BCUT2D eigenvalue weighted by Gasteiger charge is -2.34. The van der Waals surface area contributed by atoms with Gasteiger partial charge in [0.2, 0.25) is 5.91 Å². The normalized spacial score (nSPS) is 17.7. The van der Waals surface area contributed by atoms with Gasteiger partial charge in [-0.1, -0.05) is 12.1 Å². The van der Waals surface area contributed by atoms with Crippen LogP contribution in [0.3, 0.4) is 0 Å². The number of hydrogen-bond donors (Lipinski definition) is 0. The van der Waals surface area contributed by atoms with Crippen molar-refractivity contribution in [3.8, 4) is 0 Å². The van der Waals surface area contributed by atoms with Gasteiger partial charge in [-0.05, 0) is 23.8 Å². The molecule has 1 aliphatic heterocycles. The molecule has 2 aromatic rings. The van der Waals surface area contributed by atoms with E-state index < -0.39 is 9.84 Å². The Labute approximate surface area is 154 Å². The van der Waals surface area contributed by atoms with E-state index in [0.717, 1.165) is 24.3 Å². The number of carbonyl (C=O) groups is 1. The minimum absolute atomic E-state index is 0.000979. The zero-order chi connectivity index (χ0) is 18.9. The SMILES string of the molecule is CN(C)C(=O)CC1CN(Cc2ccc(S(C)(=O)=O)cc2)Cc2ccnn21. The molecule has 1 aromatic heterocycles. The lowest BCUT2D eigenvalue weighted by molar-refractivity contribution is -0.129. The Bertz CT molecular complexity index is 887. The Morgan fingerprint density at radius 1 is 1.23 bits per heavy atom. The molecule has 0 bridgehead atoms. The highest BCUT2D eigenvalue weighted by atomic mass is 32.2. The highest BCUT2D eigenvalue weighted by Gasteiger charge is 2.27. The van der Waals surface area contributed by atoms with Crippen LogP contribution in [-0.2, 0) is 27.7 Å². The van der Waals surface area contributed by atoms with Gasteiger partial charge in [-0.25, -0.2) is 8.42 Å². The highest BCUT2D eigenvalue weighted by molar-refractivity contribution is 7.90. The summed E-state index contributed by atoms with van der Waals surface area (Å²) in [6, 6.07) is 8.97. The van der Waals surface area contributed by atoms with Gasteiger partial charge in [0.05, 0.1) is 23.1 Å². The first-order valence-corrected chi connectivity index (χ1v) is 10.4. The third-order valence-electron chi connectivity index (χ3n) is 4.62. The van der Waals surface area contributed by atoms with E-state index in [0.29, 0.717) is 17.9 Å². The predicted octanol–water partition coefficient (Wildman–Crippen LogP) is 1.32. The molecule has 0 N–H and O–H groups in total. The van der Waals surface area contributed by atoms with Gasteiger partial charge in [0.25, 0.3) is 0 Å². The quantitative estimate of drug-likeness (QED) is 0.787. The van der Waals surface area contributed by atoms with Gasteiger partial charge in [0, 0.05) is 46.2 Å². The Balaban J connectivity index is 1.74. The molecular formula is C18H24N4O3S. The number of hydrogen-bond acceptors (Lipinski definition) is 5. The molecule has 0 saturated carbocycles. The summed E-state index contributed by atoms with van der Waals surface area (Å²) in [6.07, 6.45) is 3.39. The van der Waals surface area contributed by atoms with Crippen molar-refractivity contribution >= 4 is 15.7 Å². The first-order chi connectivity index (χ1) is 12.2. The molecule has 1 aliphatic rings. The molecule has 3 rings (SSSR count). The Morgan fingerprint density at radius 3 is 2.54 bits per heavy atom. The third-order valence-corrected chi connectivity index (χ3v) is 5.75. The number of nitrogens with zero attached hydrogens (tertiary/aromatic N) is 4. The lowest BCUT2D eigenvalue weighted by atomic mass is 10.1. The van der Waals surface area contributed by atoms with Crippen LogP contribution in [-0.4, -0.2) is 60.8 Å². The Morgan fingerprint density at radius 2 is 1.92 bits per heavy atom. The number of rotatable bonds is 5. The smallest absolute Gasteiger partial charge is 0.224 e. The number of carbonyl (C=O) groups excluding carboxylic acids is 1. The summed E-state index contributed by atoms with van der Waals surface area (Å²) in [7, 11) is 0.337. The minimum Gasteiger partial charge on any atom is -0.349 e. The number of aromatic nitrogens is 2. The largest absolute Gasteiger partial charge is 0.349 e.